The summed E-state index contributed by atoms with van der Waals surface area (Å²) in [5.74, 6) is -0.845. The lowest BCUT2D eigenvalue weighted by Gasteiger charge is -2.48. The van der Waals surface area contributed by atoms with Gasteiger partial charge in [0.05, 0.1) is 10.9 Å². The minimum atomic E-state index is -5.08. The number of aliphatic carboxylic acids is 1. The molecule has 1 spiro atoms. The van der Waals surface area contributed by atoms with Crippen LogP contribution in [0, 0.1) is 0 Å². The molecule has 2 saturated heterocycles. The Balaban J connectivity index is 0.000000339. The van der Waals surface area contributed by atoms with Crippen LogP contribution in [0.2, 0.25) is 0 Å². The molecule has 170 valence electrons. The Bertz CT molecular complexity index is 947. The van der Waals surface area contributed by atoms with E-state index in [9.17, 15) is 18.0 Å². The summed E-state index contributed by atoms with van der Waals surface area (Å²) in [7, 11) is 3.50. The molecule has 2 aromatic heterocycles. The molecule has 1 N–H and O–H groups in total. The van der Waals surface area contributed by atoms with E-state index in [1.807, 2.05) is 23.9 Å². The Labute approximate surface area is 179 Å². The molecule has 1 amide bonds. The second-order valence-electron chi connectivity index (χ2n) is 7.40. The average Bonchev–Trinajstić information content (AvgIpc) is 3.30. The van der Waals surface area contributed by atoms with E-state index in [-0.39, 0.29) is 23.4 Å². The van der Waals surface area contributed by atoms with Gasteiger partial charge >= 0.3 is 12.1 Å². The van der Waals surface area contributed by atoms with Crippen LogP contribution in [0.15, 0.2) is 18.5 Å². The number of halogens is 3. The number of anilines is 1. The van der Waals surface area contributed by atoms with E-state index in [0.29, 0.717) is 0 Å². The van der Waals surface area contributed by atoms with Crippen molar-refractivity contribution in [2.24, 2.45) is 0 Å². The number of hydrogen-bond donors (Lipinski definition) is 1. The number of carboxylic acid groups (broad SMARTS) is 1. The highest BCUT2D eigenvalue weighted by Crippen LogP contribution is 2.47. The first kappa shape index (κ1) is 23.1. The van der Waals surface area contributed by atoms with Crippen LogP contribution < -0.4 is 4.90 Å². The Kier molecular flexibility index (Phi) is 6.59. The van der Waals surface area contributed by atoms with Crippen LogP contribution in [0.4, 0.5) is 19.0 Å². The molecule has 0 aliphatic carbocycles. The van der Waals surface area contributed by atoms with Crippen molar-refractivity contribution >= 4 is 35.1 Å². The Morgan fingerprint density at radius 2 is 2.03 bits per heavy atom. The molecule has 0 radical (unpaired) electrons. The Morgan fingerprint density at radius 1 is 1.35 bits per heavy atom. The number of thioether (sulfide) groups is 1. The molecular weight excluding hydrogens is 441 g/mol. The van der Waals surface area contributed by atoms with Crippen LogP contribution in [0.1, 0.15) is 6.42 Å². The van der Waals surface area contributed by atoms with Crippen molar-refractivity contribution in [1.82, 2.24) is 24.7 Å². The van der Waals surface area contributed by atoms with Crippen molar-refractivity contribution in [1.29, 1.82) is 0 Å². The Morgan fingerprint density at radius 3 is 2.65 bits per heavy atom. The van der Waals surface area contributed by atoms with Crippen LogP contribution in [0.3, 0.4) is 0 Å². The lowest BCUT2D eigenvalue weighted by Crippen LogP contribution is -2.59. The normalized spacial score (nSPS) is 19.6. The van der Waals surface area contributed by atoms with Gasteiger partial charge < -0.3 is 19.6 Å². The summed E-state index contributed by atoms with van der Waals surface area (Å²) in [5.41, 5.74) is 0.753. The molecule has 2 aliphatic rings. The molecule has 14 heteroatoms. The van der Waals surface area contributed by atoms with Crippen molar-refractivity contribution in [3.63, 3.8) is 0 Å². The summed E-state index contributed by atoms with van der Waals surface area (Å²) in [4.78, 5) is 24.4. The summed E-state index contributed by atoms with van der Waals surface area (Å²) in [6, 6.07) is 3.92. The van der Waals surface area contributed by atoms with E-state index < -0.39 is 12.1 Å². The monoisotopic (exact) mass is 462 g/mol. The largest absolute Gasteiger partial charge is 0.490 e. The van der Waals surface area contributed by atoms with Crippen LogP contribution in [-0.4, -0.2) is 98.3 Å². The van der Waals surface area contributed by atoms with Gasteiger partial charge in [0, 0.05) is 32.9 Å². The number of amides is 1. The summed E-state index contributed by atoms with van der Waals surface area (Å²) in [6.07, 6.45) is -2.32. The van der Waals surface area contributed by atoms with Gasteiger partial charge in [-0.15, -0.1) is 27.1 Å². The number of aromatic nitrogens is 4. The highest BCUT2D eigenvalue weighted by molar-refractivity contribution is 8.01. The second-order valence-corrected chi connectivity index (χ2v) is 8.89. The number of nitrogens with zero attached hydrogens (tertiary/aromatic N) is 6. The summed E-state index contributed by atoms with van der Waals surface area (Å²) in [6.45, 7) is 2.09. The zero-order valence-corrected chi connectivity index (χ0v) is 17.6. The van der Waals surface area contributed by atoms with Gasteiger partial charge in [0.25, 0.3) is 0 Å². The maximum absolute atomic E-state index is 11.6. The molecule has 0 bridgehead atoms. The van der Waals surface area contributed by atoms with Gasteiger partial charge in [0.1, 0.15) is 18.8 Å². The van der Waals surface area contributed by atoms with Gasteiger partial charge in [0.15, 0.2) is 5.65 Å². The van der Waals surface area contributed by atoms with E-state index >= 15 is 0 Å². The quantitative estimate of drug-likeness (QED) is 0.709. The standard InChI is InChI=1S/C15H20N6O2S.C2HF3O2/c1-19(2)14(22)6-23-11-5-15(24-7-11)8-20(9-15)13-4-3-12-17-16-10-21(12)18-13;3-2(4,5)1(6)7/h3-4,10-11H,5-9H2,1-2H3;(H,6,7). The lowest BCUT2D eigenvalue weighted by atomic mass is 9.93. The van der Waals surface area contributed by atoms with Gasteiger partial charge in [-0.2, -0.15) is 17.7 Å². The predicted molar refractivity (Wildman–Crippen MR) is 105 cm³/mol. The number of carbonyl (C=O) groups excluding carboxylic acids is 1. The first-order chi connectivity index (χ1) is 14.5. The van der Waals surface area contributed by atoms with Crippen LogP contribution in [0.25, 0.3) is 5.65 Å². The molecule has 31 heavy (non-hydrogen) atoms. The summed E-state index contributed by atoms with van der Waals surface area (Å²) < 4.78 is 39.4. The number of alkyl halides is 3. The smallest absolute Gasteiger partial charge is 0.475 e. The van der Waals surface area contributed by atoms with Crippen LogP contribution in [-0.2, 0) is 14.3 Å². The van der Waals surface area contributed by atoms with E-state index in [2.05, 4.69) is 20.2 Å². The predicted octanol–water partition coefficient (Wildman–Crippen LogP) is 0.927. The lowest BCUT2D eigenvalue weighted by molar-refractivity contribution is -0.192. The topological polar surface area (TPSA) is 113 Å². The highest BCUT2D eigenvalue weighted by atomic mass is 32.2. The number of hydrogen-bond acceptors (Lipinski definition) is 8. The maximum atomic E-state index is 11.6. The van der Waals surface area contributed by atoms with Crippen molar-refractivity contribution in [2.75, 3.05) is 44.4 Å². The minimum Gasteiger partial charge on any atom is -0.475 e. The first-order valence-corrected chi connectivity index (χ1v) is 10.2. The van der Waals surface area contributed by atoms with Crippen LogP contribution >= 0.6 is 11.8 Å². The summed E-state index contributed by atoms with van der Waals surface area (Å²) >= 11 is 1.95. The third-order valence-electron chi connectivity index (χ3n) is 4.79. The maximum Gasteiger partial charge on any atom is 0.490 e. The molecule has 2 aliphatic heterocycles. The van der Waals surface area contributed by atoms with E-state index in [1.54, 1.807) is 29.8 Å². The van der Waals surface area contributed by atoms with E-state index in [0.717, 1.165) is 36.7 Å². The SMILES string of the molecule is CN(C)C(=O)COC1CSC2(C1)CN(c1ccc3nncn3n1)C2.O=C(O)C(F)(F)F. The average molecular weight is 462 g/mol. The third kappa shape index (κ3) is 5.55. The molecule has 0 saturated carbocycles. The first-order valence-electron chi connectivity index (χ1n) is 9.17. The van der Waals surface area contributed by atoms with Gasteiger partial charge in [0.2, 0.25) is 5.91 Å². The van der Waals surface area contributed by atoms with E-state index in [4.69, 9.17) is 14.6 Å². The molecule has 1 atom stereocenters. The highest BCUT2D eigenvalue weighted by Gasteiger charge is 2.50. The second kappa shape index (κ2) is 8.86. The molecule has 4 rings (SSSR count). The number of fused-ring (bicyclic) bond motifs is 1. The van der Waals surface area contributed by atoms with Crippen molar-refractivity contribution in [3.05, 3.63) is 18.5 Å². The summed E-state index contributed by atoms with van der Waals surface area (Å²) in [5, 5.41) is 19.5. The molecule has 0 aromatic carbocycles. The zero-order chi connectivity index (χ0) is 22.8. The van der Waals surface area contributed by atoms with Gasteiger partial charge in [-0.1, -0.05) is 0 Å². The minimum absolute atomic E-state index is 0.0163. The molecular formula is C17H21F3N6O4S. The van der Waals surface area contributed by atoms with Crippen molar-refractivity contribution in [2.45, 2.75) is 23.4 Å². The van der Waals surface area contributed by atoms with E-state index in [1.165, 1.54) is 0 Å². The number of carbonyl (C=O) groups is 2. The molecule has 10 nitrogen and oxygen atoms in total. The van der Waals surface area contributed by atoms with Gasteiger partial charge in [-0.3, -0.25) is 4.79 Å². The van der Waals surface area contributed by atoms with Crippen LogP contribution in [0.5, 0.6) is 0 Å². The Hall–Kier alpha value is -2.61. The molecule has 2 aromatic rings. The van der Waals surface area contributed by atoms with Gasteiger partial charge in [-0.25, -0.2) is 4.79 Å². The van der Waals surface area contributed by atoms with Gasteiger partial charge in [-0.05, 0) is 18.6 Å². The molecule has 2 fully saturated rings. The fourth-order valence-corrected chi connectivity index (χ4v) is 4.70. The number of rotatable bonds is 4. The number of carboxylic acids is 1. The molecule has 4 heterocycles. The van der Waals surface area contributed by atoms with Crippen molar-refractivity contribution < 1.29 is 32.6 Å². The molecule has 1 unspecified atom stereocenters. The fraction of sp³-hybridized carbons (Fsp3) is 0.588. The number of ether oxygens (including phenoxy) is 1. The zero-order valence-electron chi connectivity index (χ0n) is 16.7. The third-order valence-corrected chi connectivity index (χ3v) is 6.36. The van der Waals surface area contributed by atoms with Crippen molar-refractivity contribution in [3.8, 4) is 0 Å². The fourth-order valence-electron chi connectivity index (χ4n) is 3.15. The number of likely N-dealkylation sites (N-methyl/N-ethyl adjacent to an activating group) is 1.